The minimum Gasteiger partial charge on any atom is -0.308 e. The number of hydrogen-bond donors (Lipinski definition) is 2. The number of nitrogens with one attached hydrogen (secondary N) is 1. The number of nitrogens with two attached hydrogens (primary N) is 1. The topological polar surface area (TPSA) is 50.4 Å². The van der Waals surface area contributed by atoms with E-state index in [1.165, 1.54) is 0 Å². The standard InChI is InChI=1S/C8H13N3S/c1-2-4-10-8(11-9)7-3-5-12-6-7/h3,5-6H,2,4,9H2,1H3,(H,10,11). The van der Waals surface area contributed by atoms with Gasteiger partial charge in [-0.25, -0.2) is 5.84 Å². The van der Waals surface area contributed by atoms with Crippen LogP contribution in [-0.2, 0) is 0 Å². The Morgan fingerprint density at radius 1 is 1.75 bits per heavy atom. The van der Waals surface area contributed by atoms with Gasteiger partial charge in [-0.1, -0.05) is 6.92 Å². The zero-order valence-electron chi connectivity index (χ0n) is 7.08. The molecule has 3 N–H and O–H groups in total. The Hall–Kier alpha value is -0.870. The molecule has 0 radical (unpaired) electrons. The highest BCUT2D eigenvalue weighted by Crippen LogP contribution is 2.05. The van der Waals surface area contributed by atoms with Gasteiger partial charge in [0.2, 0.25) is 0 Å². The number of aliphatic imine (C=N–C) groups is 1. The third kappa shape index (κ3) is 2.32. The predicted molar refractivity (Wildman–Crippen MR) is 53.3 cm³/mol. The molecule has 0 atom stereocenters. The van der Waals surface area contributed by atoms with Gasteiger partial charge < -0.3 is 5.43 Å². The van der Waals surface area contributed by atoms with Gasteiger partial charge in [-0.05, 0) is 17.9 Å². The molecule has 0 aliphatic rings. The Labute approximate surface area is 76.3 Å². The highest BCUT2D eigenvalue weighted by Gasteiger charge is 1.99. The summed E-state index contributed by atoms with van der Waals surface area (Å²) in [4.78, 5) is 4.29. The maximum absolute atomic E-state index is 5.33. The maximum Gasteiger partial charge on any atom is 0.143 e. The molecule has 1 aromatic rings. The summed E-state index contributed by atoms with van der Waals surface area (Å²) < 4.78 is 0. The summed E-state index contributed by atoms with van der Waals surface area (Å²) in [5.41, 5.74) is 3.66. The van der Waals surface area contributed by atoms with Crippen LogP contribution in [0.1, 0.15) is 18.9 Å². The van der Waals surface area contributed by atoms with E-state index in [0.29, 0.717) is 0 Å². The molecule has 0 aliphatic carbocycles. The van der Waals surface area contributed by atoms with Crippen LogP contribution >= 0.6 is 11.3 Å². The Bertz CT molecular complexity index is 241. The number of hydrazine groups is 1. The smallest absolute Gasteiger partial charge is 0.143 e. The summed E-state index contributed by atoms with van der Waals surface area (Å²) >= 11 is 1.64. The van der Waals surface area contributed by atoms with Gasteiger partial charge in [0.25, 0.3) is 0 Å². The van der Waals surface area contributed by atoms with Crippen LogP contribution < -0.4 is 11.3 Å². The van der Waals surface area contributed by atoms with Crippen LogP contribution in [0.3, 0.4) is 0 Å². The first-order chi connectivity index (χ1) is 5.88. The number of nitrogens with zero attached hydrogens (tertiary/aromatic N) is 1. The molecule has 0 amide bonds. The molecule has 0 saturated carbocycles. The van der Waals surface area contributed by atoms with Crippen LogP contribution in [-0.4, -0.2) is 12.4 Å². The van der Waals surface area contributed by atoms with Crippen molar-refractivity contribution < 1.29 is 0 Å². The molecule has 1 rings (SSSR count). The highest BCUT2D eigenvalue weighted by atomic mass is 32.1. The van der Waals surface area contributed by atoms with Gasteiger partial charge in [0.15, 0.2) is 0 Å². The van der Waals surface area contributed by atoms with Crippen molar-refractivity contribution >= 4 is 17.2 Å². The second-order valence-electron chi connectivity index (χ2n) is 2.39. The lowest BCUT2D eigenvalue weighted by atomic mass is 10.3. The lowest BCUT2D eigenvalue weighted by Gasteiger charge is -2.01. The van der Waals surface area contributed by atoms with Gasteiger partial charge >= 0.3 is 0 Å². The van der Waals surface area contributed by atoms with E-state index in [9.17, 15) is 0 Å². The molecule has 4 heteroatoms. The van der Waals surface area contributed by atoms with Gasteiger partial charge in [-0.15, -0.1) is 0 Å². The Morgan fingerprint density at radius 3 is 3.08 bits per heavy atom. The first-order valence-corrected chi connectivity index (χ1v) is 4.86. The fourth-order valence-corrected chi connectivity index (χ4v) is 1.48. The van der Waals surface area contributed by atoms with Crippen LogP contribution in [0.5, 0.6) is 0 Å². The largest absolute Gasteiger partial charge is 0.308 e. The van der Waals surface area contributed by atoms with E-state index in [0.717, 1.165) is 24.4 Å². The van der Waals surface area contributed by atoms with Crippen molar-refractivity contribution in [3.8, 4) is 0 Å². The Balaban J connectivity index is 2.69. The fourth-order valence-electron chi connectivity index (χ4n) is 0.843. The second kappa shape index (κ2) is 4.90. The van der Waals surface area contributed by atoms with E-state index in [4.69, 9.17) is 5.84 Å². The summed E-state index contributed by atoms with van der Waals surface area (Å²) in [5.74, 6) is 6.10. The zero-order chi connectivity index (χ0) is 8.81. The maximum atomic E-state index is 5.33. The molecule has 0 aromatic carbocycles. The molecule has 0 fully saturated rings. The third-order valence-corrected chi connectivity index (χ3v) is 2.11. The molecule has 1 aromatic heterocycles. The molecule has 0 aliphatic heterocycles. The van der Waals surface area contributed by atoms with E-state index in [-0.39, 0.29) is 0 Å². The van der Waals surface area contributed by atoms with Crippen LogP contribution in [0.15, 0.2) is 21.8 Å². The summed E-state index contributed by atoms with van der Waals surface area (Å²) in [5, 5.41) is 4.03. The van der Waals surface area contributed by atoms with Crippen molar-refractivity contribution in [3.63, 3.8) is 0 Å². The average Bonchev–Trinajstić information content (AvgIpc) is 2.59. The Kier molecular flexibility index (Phi) is 3.76. The van der Waals surface area contributed by atoms with E-state index >= 15 is 0 Å². The molecule has 0 spiro atoms. The normalized spacial score (nSPS) is 11.7. The van der Waals surface area contributed by atoms with E-state index in [2.05, 4.69) is 17.3 Å². The lowest BCUT2D eigenvalue weighted by molar-refractivity contribution is 0.908. The van der Waals surface area contributed by atoms with E-state index in [1.807, 2.05) is 16.8 Å². The third-order valence-electron chi connectivity index (χ3n) is 1.42. The number of amidine groups is 1. The van der Waals surface area contributed by atoms with Crippen molar-refractivity contribution in [3.05, 3.63) is 22.4 Å². The van der Waals surface area contributed by atoms with Gasteiger partial charge in [-0.3, -0.25) is 4.99 Å². The average molecular weight is 183 g/mol. The lowest BCUT2D eigenvalue weighted by Crippen LogP contribution is -2.30. The molecule has 12 heavy (non-hydrogen) atoms. The molecule has 0 unspecified atom stereocenters. The highest BCUT2D eigenvalue weighted by molar-refractivity contribution is 7.08. The summed E-state index contributed by atoms with van der Waals surface area (Å²) in [6, 6.07) is 2.00. The molecule has 0 saturated heterocycles. The predicted octanol–water partition coefficient (Wildman–Crippen LogP) is 1.37. The van der Waals surface area contributed by atoms with E-state index < -0.39 is 0 Å². The minimum atomic E-state index is 0.776. The molecular weight excluding hydrogens is 170 g/mol. The van der Waals surface area contributed by atoms with Crippen molar-refractivity contribution in [1.29, 1.82) is 0 Å². The molecule has 66 valence electrons. The fraction of sp³-hybridized carbons (Fsp3) is 0.375. The van der Waals surface area contributed by atoms with Crippen molar-refractivity contribution in [2.75, 3.05) is 6.54 Å². The van der Waals surface area contributed by atoms with Crippen LogP contribution in [0.25, 0.3) is 0 Å². The zero-order valence-corrected chi connectivity index (χ0v) is 7.90. The number of thiophene rings is 1. The van der Waals surface area contributed by atoms with Crippen LogP contribution in [0.4, 0.5) is 0 Å². The summed E-state index contributed by atoms with van der Waals surface area (Å²) in [6.45, 7) is 2.90. The number of rotatable bonds is 3. The van der Waals surface area contributed by atoms with Crippen molar-refractivity contribution in [1.82, 2.24) is 5.43 Å². The molecule has 3 nitrogen and oxygen atoms in total. The van der Waals surface area contributed by atoms with Gasteiger partial charge in [0.05, 0.1) is 0 Å². The molecular formula is C8H13N3S. The monoisotopic (exact) mass is 183 g/mol. The van der Waals surface area contributed by atoms with E-state index in [1.54, 1.807) is 11.3 Å². The second-order valence-corrected chi connectivity index (χ2v) is 3.17. The van der Waals surface area contributed by atoms with Gasteiger partial charge in [0, 0.05) is 17.5 Å². The SMILES string of the molecule is CCCN=C(NN)c1ccsc1. The van der Waals surface area contributed by atoms with Crippen molar-refractivity contribution in [2.24, 2.45) is 10.8 Å². The van der Waals surface area contributed by atoms with Gasteiger partial charge in [0.1, 0.15) is 5.84 Å². The first kappa shape index (κ1) is 9.22. The van der Waals surface area contributed by atoms with Gasteiger partial charge in [-0.2, -0.15) is 11.3 Å². The quantitative estimate of drug-likeness (QED) is 0.322. The van der Waals surface area contributed by atoms with Crippen LogP contribution in [0, 0.1) is 0 Å². The summed E-state index contributed by atoms with van der Waals surface area (Å²) in [6.07, 6.45) is 1.04. The minimum absolute atomic E-state index is 0.776. The molecule has 0 bridgehead atoms. The summed E-state index contributed by atoms with van der Waals surface area (Å²) in [7, 11) is 0. The first-order valence-electron chi connectivity index (χ1n) is 3.92. The Morgan fingerprint density at radius 2 is 2.58 bits per heavy atom. The van der Waals surface area contributed by atoms with Crippen molar-refractivity contribution in [2.45, 2.75) is 13.3 Å². The molecule has 1 heterocycles. The van der Waals surface area contributed by atoms with Crippen LogP contribution in [0.2, 0.25) is 0 Å². The number of hydrogen-bond acceptors (Lipinski definition) is 3.